The summed E-state index contributed by atoms with van der Waals surface area (Å²) in [5, 5.41) is 17.8. The minimum absolute atomic E-state index is 0.0154. The Morgan fingerprint density at radius 3 is 2.68 bits per heavy atom. The molecule has 19 heavy (non-hydrogen) atoms. The number of halogens is 2. The van der Waals surface area contributed by atoms with Gasteiger partial charge >= 0.3 is 0 Å². The van der Waals surface area contributed by atoms with Gasteiger partial charge in [0.1, 0.15) is 5.15 Å². The molecule has 1 heterocycles. The number of rotatable bonds is 4. The van der Waals surface area contributed by atoms with E-state index < -0.39 is 0 Å². The maximum absolute atomic E-state index is 9.12. The lowest BCUT2D eigenvalue weighted by molar-refractivity contribution is 0.282. The summed E-state index contributed by atoms with van der Waals surface area (Å²) in [6, 6.07) is 5.37. The molecule has 0 saturated heterocycles. The fourth-order valence-electron chi connectivity index (χ4n) is 1.86. The maximum Gasteiger partial charge on any atom is 0.131 e. The summed E-state index contributed by atoms with van der Waals surface area (Å²) in [6.07, 6.45) is 0. The zero-order chi connectivity index (χ0) is 14.0. The predicted octanol–water partition coefficient (Wildman–Crippen LogP) is 3.14. The van der Waals surface area contributed by atoms with E-state index in [0.29, 0.717) is 16.7 Å². The Hall–Kier alpha value is -1.23. The van der Waals surface area contributed by atoms with Crippen LogP contribution in [0.5, 0.6) is 0 Å². The molecule has 0 unspecified atom stereocenters. The van der Waals surface area contributed by atoms with Crippen molar-refractivity contribution in [2.75, 3.05) is 5.32 Å². The molecular weight excluding hydrogens is 285 g/mol. The molecule has 0 aliphatic rings. The highest BCUT2D eigenvalue weighted by molar-refractivity contribution is 6.33. The van der Waals surface area contributed by atoms with Crippen LogP contribution in [0, 0.1) is 6.92 Å². The minimum Gasteiger partial charge on any atom is -0.392 e. The van der Waals surface area contributed by atoms with E-state index in [1.165, 1.54) is 0 Å². The van der Waals surface area contributed by atoms with E-state index >= 15 is 0 Å². The number of nitrogens with zero attached hydrogens (tertiary/aromatic N) is 2. The summed E-state index contributed by atoms with van der Waals surface area (Å²) in [6.45, 7) is 2.43. The van der Waals surface area contributed by atoms with E-state index in [-0.39, 0.29) is 6.61 Å². The monoisotopic (exact) mass is 299 g/mol. The highest BCUT2D eigenvalue weighted by Gasteiger charge is 2.11. The smallest absolute Gasteiger partial charge is 0.131 e. The van der Waals surface area contributed by atoms with Crippen molar-refractivity contribution < 1.29 is 5.11 Å². The second kappa shape index (κ2) is 5.82. The van der Waals surface area contributed by atoms with Gasteiger partial charge in [-0.3, -0.25) is 4.68 Å². The van der Waals surface area contributed by atoms with Gasteiger partial charge in [-0.15, -0.1) is 0 Å². The van der Waals surface area contributed by atoms with Gasteiger partial charge in [-0.2, -0.15) is 5.10 Å². The molecule has 2 aromatic rings. The van der Waals surface area contributed by atoms with Crippen molar-refractivity contribution in [3.63, 3.8) is 0 Å². The molecule has 0 bridgehead atoms. The SMILES string of the molecule is Cc1nn(C)c(Cl)c1CNc1cc(CO)ccc1Cl. The Bertz CT molecular complexity index is 596. The molecule has 0 spiro atoms. The van der Waals surface area contributed by atoms with Crippen LogP contribution < -0.4 is 5.32 Å². The molecule has 0 aliphatic heterocycles. The van der Waals surface area contributed by atoms with E-state index in [2.05, 4.69) is 10.4 Å². The second-order valence-electron chi connectivity index (χ2n) is 4.30. The van der Waals surface area contributed by atoms with Gasteiger partial charge in [0.15, 0.2) is 0 Å². The van der Waals surface area contributed by atoms with Gasteiger partial charge < -0.3 is 10.4 Å². The first-order valence-electron chi connectivity index (χ1n) is 5.84. The highest BCUT2D eigenvalue weighted by atomic mass is 35.5. The van der Waals surface area contributed by atoms with Crippen molar-refractivity contribution in [3.8, 4) is 0 Å². The molecule has 1 aromatic carbocycles. The quantitative estimate of drug-likeness (QED) is 0.912. The van der Waals surface area contributed by atoms with Gasteiger partial charge in [-0.25, -0.2) is 0 Å². The first-order chi connectivity index (χ1) is 9.02. The number of anilines is 1. The van der Waals surface area contributed by atoms with Crippen LogP contribution in [-0.2, 0) is 20.2 Å². The van der Waals surface area contributed by atoms with Crippen molar-refractivity contribution in [2.45, 2.75) is 20.1 Å². The number of aliphatic hydroxyl groups excluding tert-OH is 1. The molecule has 0 amide bonds. The van der Waals surface area contributed by atoms with Gasteiger partial charge in [-0.1, -0.05) is 29.3 Å². The van der Waals surface area contributed by atoms with Crippen molar-refractivity contribution >= 4 is 28.9 Å². The molecule has 2 N–H and O–H groups in total. The van der Waals surface area contributed by atoms with Crippen molar-refractivity contribution in [2.24, 2.45) is 7.05 Å². The van der Waals surface area contributed by atoms with E-state index in [9.17, 15) is 0 Å². The van der Waals surface area contributed by atoms with Crippen LogP contribution in [0.1, 0.15) is 16.8 Å². The lowest BCUT2D eigenvalue weighted by Gasteiger charge is -2.09. The van der Waals surface area contributed by atoms with Crippen LogP contribution in [0.25, 0.3) is 0 Å². The third-order valence-corrected chi connectivity index (χ3v) is 3.74. The van der Waals surface area contributed by atoms with Gasteiger partial charge in [0.25, 0.3) is 0 Å². The van der Waals surface area contributed by atoms with Crippen molar-refractivity contribution in [1.29, 1.82) is 0 Å². The third kappa shape index (κ3) is 3.03. The summed E-state index contributed by atoms with van der Waals surface area (Å²) in [5.74, 6) is 0. The molecule has 102 valence electrons. The average Bonchev–Trinajstić information content (AvgIpc) is 2.63. The number of nitrogens with one attached hydrogen (secondary N) is 1. The number of hydrogen-bond acceptors (Lipinski definition) is 3. The fourth-order valence-corrected chi connectivity index (χ4v) is 2.29. The molecule has 6 heteroatoms. The Morgan fingerprint density at radius 1 is 1.37 bits per heavy atom. The topological polar surface area (TPSA) is 50.1 Å². The Kier molecular flexibility index (Phi) is 4.34. The first kappa shape index (κ1) is 14.2. The van der Waals surface area contributed by atoms with E-state index in [1.54, 1.807) is 23.9 Å². The van der Waals surface area contributed by atoms with E-state index in [4.69, 9.17) is 28.3 Å². The van der Waals surface area contributed by atoms with Crippen LogP contribution in [0.15, 0.2) is 18.2 Å². The largest absolute Gasteiger partial charge is 0.392 e. The molecule has 0 fully saturated rings. The number of hydrogen-bond donors (Lipinski definition) is 2. The van der Waals surface area contributed by atoms with Crippen LogP contribution in [0.3, 0.4) is 0 Å². The minimum atomic E-state index is -0.0154. The molecule has 0 atom stereocenters. The van der Waals surface area contributed by atoms with Crippen LogP contribution >= 0.6 is 23.2 Å². The second-order valence-corrected chi connectivity index (χ2v) is 5.07. The van der Waals surface area contributed by atoms with Crippen molar-refractivity contribution in [3.05, 3.63) is 45.2 Å². The summed E-state index contributed by atoms with van der Waals surface area (Å²) in [4.78, 5) is 0. The normalized spacial score (nSPS) is 10.8. The van der Waals surface area contributed by atoms with Gasteiger partial charge in [-0.05, 0) is 24.6 Å². The van der Waals surface area contributed by atoms with E-state index in [1.807, 2.05) is 13.0 Å². The van der Waals surface area contributed by atoms with Gasteiger partial charge in [0, 0.05) is 19.2 Å². The Labute approximate surface area is 122 Å². The first-order valence-corrected chi connectivity index (χ1v) is 6.59. The average molecular weight is 300 g/mol. The van der Waals surface area contributed by atoms with E-state index in [0.717, 1.165) is 22.5 Å². The third-order valence-electron chi connectivity index (χ3n) is 2.94. The zero-order valence-electron chi connectivity index (χ0n) is 10.7. The summed E-state index contributed by atoms with van der Waals surface area (Å²) >= 11 is 12.3. The molecule has 2 rings (SSSR count). The lowest BCUT2D eigenvalue weighted by atomic mass is 10.2. The van der Waals surface area contributed by atoms with Gasteiger partial charge in [0.05, 0.1) is 23.0 Å². The van der Waals surface area contributed by atoms with Crippen LogP contribution in [0.4, 0.5) is 5.69 Å². The molecule has 4 nitrogen and oxygen atoms in total. The van der Waals surface area contributed by atoms with Crippen LogP contribution in [0.2, 0.25) is 10.2 Å². The summed E-state index contributed by atoms with van der Waals surface area (Å²) in [7, 11) is 1.80. The fraction of sp³-hybridized carbons (Fsp3) is 0.308. The van der Waals surface area contributed by atoms with Crippen molar-refractivity contribution in [1.82, 2.24) is 9.78 Å². The predicted molar refractivity (Wildman–Crippen MR) is 77.7 cm³/mol. The van der Waals surface area contributed by atoms with Crippen LogP contribution in [-0.4, -0.2) is 14.9 Å². The highest BCUT2D eigenvalue weighted by Crippen LogP contribution is 2.25. The molecule has 1 aromatic heterocycles. The maximum atomic E-state index is 9.12. The lowest BCUT2D eigenvalue weighted by Crippen LogP contribution is -2.02. The molecule has 0 saturated carbocycles. The molecular formula is C13H15Cl2N3O. The zero-order valence-corrected chi connectivity index (χ0v) is 12.3. The molecule has 0 aliphatic carbocycles. The number of benzene rings is 1. The number of aliphatic hydroxyl groups is 1. The number of aryl methyl sites for hydroxylation is 2. The summed E-state index contributed by atoms with van der Waals surface area (Å²) < 4.78 is 1.64. The van der Waals surface area contributed by atoms with Gasteiger partial charge in [0.2, 0.25) is 0 Å². The Balaban J connectivity index is 2.18. The summed E-state index contributed by atoms with van der Waals surface area (Å²) in [5.41, 5.74) is 3.40. The molecule has 0 radical (unpaired) electrons. The standard InChI is InChI=1S/C13H15Cl2N3O/c1-8-10(13(15)18(2)17-8)6-16-12-5-9(7-19)3-4-11(12)14/h3-5,16,19H,6-7H2,1-2H3. The number of aromatic nitrogens is 2. The Morgan fingerprint density at radius 2 is 2.11 bits per heavy atom.